The first-order valence-electron chi connectivity index (χ1n) is 5.07. The summed E-state index contributed by atoms with van der Waals surface area (Å²) in [5.41, 5.74) is 3.00. The molecule has 16 heavy (non-hydrogen) atoms. The zero-order valence-electron chi connectivity index (χ0n) is 8.64. The molecule has 1 aromatic carbocycles. The van der Waals surface area contributed by atoms with Gasteiger partial charge in [-0.25, -0.2) is 5.84 Å². The topological polar surface area (TPSA) is 84.2 Å². The summed E-state index contributed by atoms with van der Waals surface area (Å²) >= 11 is 0. The maximum Gasteiger partial charge on any atom is 0.247 e. The van der Waals surface area contributed by atoms with Gasteiger partial charge in [0.2, 0.25) is 11.8 Å². The molecule has 0 aromatic heterocycles. The molecule has 1 aromatic rings. The minimum atomic E-state index is -0.729. The van der Waals surface area contributed by atoms with Crippen LogP contribution in [-0.2, 0) is 9.59 Å². The summed E-state index contributed by atoms with van der Waals surface area (Å²) in [5, 5.41) is 2.68. The first kappa shape index (κ1) is 10.6. The van der Waals surface area contributed by atoms with Gasteiger partial charge in [0.25, 0.3) is 0 Å². The fraction of sp³-hybridized carbons (Fsp3) is 0.273. The number of rotatable bonds is 2. The largest absolute Gasteiger partial charge is 0.355 e. The van der Waals surface area contributed by atoms with Crippen molar-refractivity contribution >= 4 is 11.8 Å². The second kappa shape index (κ2) is 4.32. The van der Waals surface area contributed by atoms with E-state index in [1.54, 1.807) is 0 Å². The molecule has 0 bridgehead atoms. The highest BCUT2D eigenvalue weighted by Gasteiger charge is 2.40. The van der Waals surface area contributed by atoms with Crippen molar-refractivity contribution in [1.29, 1.82) is 0 Å². The van der Waals surface area contributed by atoms with Crippen LogP contribution in [0.3, 0.4) is 0 Å². The molecule has 0 aliphatic carbocycles. The van der Waals surface area contributed by atoms with Crippen molar-refractivity contribution in [2.75, 3.05) is 6.54 Å². The fourth-order valence-electron chi connectivity index (χ4n) is 2.02. The van der Waals surface area contributed by atoms with Crippen LogP contribution in [0.1, 0.15) is 11.5 Å². The van der Waals surface area contributed by atoms with Gasteiger partial charge < -0.3 is 5.32 Å². The van der Waals surface area contributed by atoms with E-state index in [2.05, 4.69) is 5.32 Å². The lowest BCUT2D eigenvalue weighted by atomic mass is 9.88. The number of benzene rings is 1. The van der Waals surface area contributed by atoms with Crippen molar-refractivity contribution in [2.24, 2.45) is 11.8 Å². The number of carbonyl (C=O) groups excluding carboxylic acids is 2. The van der Waals surface area contributed by atoms with E-state index in [4.69, 9.17) is 5.84 Å². The van der Waals surface area contributed by atoms with Gasteiger partial charge in [-0.3, -0.25) is 15.0 Å². The average molecular weight is 219 g/mol. The molecular formula is C11H13N3O2. The van der Waals surface area contributed by atoms with E-state index in [0.29, 0.717) is 6.54 Å². The molecule has 0 spiro atoms. The summed E-state index contributed by atoms with van der Waals surface area (Å²) < 4.78 is 0. The summed E-state index contributed by atoms with van der Waals surface area (Å²) in [6.07, 6.45) is 0. The molecule has 1 fully saturated rings. The van der Waals surface area contributed by atoms with Crippen LogP contribution in [0.15, 0.2) is 30.3 Å². The second-order valence-corrected chi connectivity index (χ2v) is 3.75. The van der Waals surface area contributed by atoms with Gasteiger partial charge in [0.15, 0.2) is 0 Å². The summed E-state index contributed by atoms with van der Waals surface area (Å²) in [4.78, 5) is 23.0. The Balaban J connectivity index is 2.28. The molecule has 84 valence electrons. The van der Waals surface area contributed by atoms with E-state index >= 15 is 0 Å². The van der Waals surface area contributed by atoms with Gasteiger partial charge in [-0.2, -0.15) is 0 Å². The van der Waals surface area contributed by atoms with Gasteiger partial charge in [0, 0.05) is 12.5 Å². The molecule has 2 rings (SSSR count). The second-order valence-electron chi connectivity index (χ2n) is 3.75. The smallest absolute Gasteiger partial charge is 0.247 e. The first-order valence-corrected chi connectivity index (χ1v) is 5.07. The molecule has 1 heterocycles. The molecular weight excluding hydrogens is 206 g/mol. The quantitative estimate of drug-likeness (QED) is 0.271. The van der Waals surface area contributed by atoms with Crippen LogP contribution in [0, 0.1) is 5.92 Å². The highest BCUT2D eigenvalue weighted by atomic mass is 16.2. The van der Waals surface area contributed by atoms with Crippen LogP contribution < -0.4 is 16.6 Å². The van der Waals surface area contributed by atoms with Crippen molar-refractivity contribution in [2.45, 2.75) is 5.92 Å². The Morgan fingerprint density at radius 2 is 2.06 bits per heavy atom. The predicted octanol–water partition coefficient (Wildman–Crippen LogP) is -0.494. The van der Waals surface area contributed by atoms with Crippen LogP contribution in [0.4, 0.5) is 0 Å². The molecule has 0 saturated carbocycles. The molecule has 1 aliphatic heterocycles. The lowest BCUT2D eigenvalue weighted by Gasteiger charge is -2.15. The summed E-state index contributed by atoms with van der Waals surface area (Å²) in [6, 6.07) is 9.47. The lowest BCUT2D eigenvalue weighted by molar-refractivity contribution is -0.133. The Hall–Kier alpha value is -1.88. The third-order valence-electron chi connectivity index (χ3n) is 2.83. The van der Waals surface area contributed by atoms with Gasteiger partial charge in [-0.1, -0.05) is 30.3 Å². The van der Waals surface area contributed by atoms with Gasteiger partial charge in [-0.05, 0) is 5.56 Å². The van der Waals surface area contributed by atoms with Gasteiger partial charge in [-0.15, -0.1) is 0 Å². The number of hydrogen-bond donors (Lipinski definition) is 3. The van der Waals surface area contributed by atoms with Gasteiger partial charge in [0.05, 0.1) is 0 Å². The maximum atomic E-state index is 11.5. The zero-order valence-corrected chi connectivity index (χ0v) is 8.64. The van der Waals surface area contributed by atoms with Crippen LogP contribution in [0.5, 0.6) is 0 Å². The third-order valence-corrected chi connectivity index (χ3v) is 2.83. The molecule has 1 saturated heterocycles. The monoisotopic (exact) mass is 219 g/mol. The first-order chi connectivity index (χ1) is 7.74. The van der Waals surface area contributed by atoms with Crippen LogP contribution in [-0.4, -0.2) is 18.4 Å². The molecule has 5 heteroatoms. The Labute approximate surface area is 93.0 Å². The predicted molar refractivity (Wildman–Crippen MR) is 58.0 cm³/mol. The van der Waals surface area contributed by atoms with Crippen molar-refractivity contribution < 1.29 is 9.59 Å². The zero-order chi connectivity index (χ0) is 11.5. The molecule has 0 radical (unpaired) electrons. The average Bonchev–Trinajstić information content (AvgIpc) is 2.71. The van der Waals surface area contributed by atoms with E-state index in [1.165, 1.54) is 0 Å². The number of nitrogens with two attached hydrogens (primary N) is 1. The fourth-order valence-corrected chi connectivity index (χ4v) is 2.02. The Kier molecular flexibility index (Phi) is 2.87. The Bertz CT molecular complexity index is 405. The molecule has 0 unspecified atom stereocenters. The minimum Gasteiger partial charge on any atom is -0.355 e. The standard InChI is InChI=1S/C11H13N3O2/c12-14-11(16)9-8(6-13-10(9)15)7-4-2-1-3-5-7/h1-5,8-9H,6,12H2,(H,13,15)(H,14,16)/t8-,9-/m1/s1. The van der Waals surface area contributed by atoms with Crippen LogP contribution in [0.2, 0.25) is 0 Å². The summed E-state index contributed by atoms with van der Waals surface area (Å²) in [5.74, 6) is 3.50. The summed E-state index contributed by atoms with van der Waals surface area (Å²) in [6.45, 7) is 0.473. The number of amides is 2. The van der Waals surface area contributed by atoms with Crippen molar-refractivity contribution in [1.82, 2.24) is 10.7 Å². The van der Waals surface area contributed by atoms with Crippen LogP contribution in [0.25, 0.3) is 0 Å². The van der Waals surface area contributed by atoms with E-state index < -0.39 is 11.8 Å². The SMILES string of the molecule is NNC(=O)[C@H]1C(=O)NC[C@@H]1c1ccccc1. The van der Waals surface area contributed by atoms with E-state index in [9.17, 15) is 9.59 Å². The van der Waals surface area contributed by atoms with E-state index in [0.717, 1.165) is 5.56 Å². The molecule has 5 nitrogen and oxygen atoms in total. The molecule has 1 aliphatic rings. The minimum absolute atomic E-state index is 0.141. The van der Waals surface area contributed by atoms with Crippen molar-refractivity contribution in [3.63, 3.8) is 0 Å². The third kappa shape index (κ3) is 1.77. The lowest BCUT2D eigenvalue weighted by Crippen LogP contribution is -2.40. The van der Waals surface area contributed by atoms with E-state index in [-0.39, 0.29) is 11.8 Å². The highest BCUT2D eigenvalue weighted by molar-refractivity contribution is 6.02. The number of carbonyl (C=O) groups is 2. The number of nitrogens with one attached hydrogen (secondary N) is 2. The maximum absolute atomic E-state index is 11.5. The van der Waals surface area contributed by atoms with E-state index in [1.807, 2.05) is 35.8 Å². The Morgan fingerprint density at radius 1 is 1.38 bits per heavy atom. The normalized spacial score (nSPS) is 23.9. The molecule has 4 N–H and O–H groups in total. The summed E-state index contributed by atoms with van der Waals surface area (Å²) in [7, 11) is 0. The van der Waals surface area contributed by atoms with Crippen molar-refractivity contribution in [3.05, 3.63) is 35.9 Å². The van der Waals surface area contributed by atoms with Crippen LogP contribution >= 0.6 is 0 Å². The molecule has 2 amide bonds. The van der Waals surface area contributed by atoms with Crippen molar-refractivity contribution in [3.8, 4) is 0 Å². The van der Waals surface area contributed by atoms with Gasteiger partial charge >= 0.3 is 0 Å². The highest BCUT2D eigenvalue weighted by Crippen LogP contribution is 2.28. The number of hydrogen-bond acceptors (Lipinski definition) is 3. The molecule has 2 atom stereocenters. The number of hydrazine groups is 1. The van der Waals surface area contributed by atoms with Gasteiger partial charge in [0.1, 0.15) is 5.92 Å². The Morgan fingerprint density at radius 3 is 2.69 bits per heavy atom.